The quantitative estimate of drug-likeness (QED) is 0.133. The third kappa shape index (κ3) is 14.1. The van der Waals surface area contributed by atoms with Gasteiger partial charge in [0.05, 0.1) is 6.04 Å². The summed E-state index contributed by atoms with van der Waals surface area (Å²) < 4.78 is 11.4. The van der Waals surface area contributed by atoms with Gasteiger partial charge in [-0.3, -0.25) is 19.2 Å². The fourth-order valence-corrected chi connectivity index (χ4v) is 7.67. The van der Waals surface area contributed by atoms with E-state index < -0.39 is 41.8 Å². The number of ketones is 1. The van der Waals surface area contributed by atoms with Crippen LogP contribution in [0.2, 0.25) is 0 Å². The number of ether oxygens (including phenoxy) is 2. The summed E-state index contributed by atoms with van der Waals surface area (Å²) in [5, 5.41) is 5.28. The van der Waals surface area contributed by atoms with Crippen molar-refractivity contribution in [3.05, 3.63) is 52.0 Å². The van der Waals surface area contributed by atoms with Crippen LogP contribution in [0, 0.1) is 23.7 Å². The van der Waals surface area contributed by atoms with E-state index in [9.17, 15) is 24.0 Å². The van der Waals surface area contributed by atoms with Gasteiger partial charge in [0.15, 0.2) is 11.9 Å². The molecule has 0 unspecified atom stereocenters. The fraction of sp³-hybridized carbons (Fsp3) is 0.667. The molecule has 3 amide bonds. The first-order chi connectivity index (χ1) is 25.2. The molecule has 0 spiro atoms. The van der Waals surface area contributed by atoms with Crippen LogP contribution in [0.4, 0.5) is 4.79 Å². The van der Waals surface area contributed by atoms with Crippen LogP contribution in [0.1, 0.15) is 135 Å². The largest absolute Gasteiger partial charge is 0.455 e. The second-order valence-electron chi connectivity index (χ2n) is 16.3. The minimum Gasteiger partial charge on any atom is -0.455 e. The number of carbonyl (C=O) groups is 5. The van der Waals surface area contributed by atoms with E-state index in [4.69, 9.17) is 9.47 Å². The average Bonchev–Trinajstić information content (AvgIpc) is 3.58. The molecule has 11 nitrogen and oxygen atoms in total. The van der Waals surface area contributed by atoms with Crippen LogP contribution in [-0.2, 0) is 30.3 Å². The number of carbonyl (C=O) groups excluding carboxylic acids is 5. The van der Waals surface area contributed by atoms with Crippen molar-refractivity contribution in [1.82, 2.24) is 20.1 Å². The average molecular weight is 771 g/mol. The highest BCUT2D eigenvalue weighted by molar-refractivity contribution is 7.09. The Labute approximate surface area is 327 Å². The Hall–Kier alpha value is -3.80. The van der Waals surface area contributed by atoms with E-state index >= 15 is 0 Å². The maximum absolute atomic E-state index is 14.4. The molecule has 1 aromatic carbocycles. The van der Waals surface area contributed by atoms with E-state index in [1.807, 2.05) is 71.9 Å². The third-order valence-corrected chi connectivity index (χ3v) is 10.8. The maximum Gasteiger partial charge on any atom is 0.410 e. The first-order valence-corrected chi connectivity index (χ1v) is 20.3. The van der Waals surface area contributed by atoms with Gasteiger partial charge in [0.25, 0.3) is 5.91 Å². The van der Waals surface area contributed by atoms with E-state index in [0.717, 1.165) is 18.4 Å². The zero-order valence-corrected chi connectivity index (χ0v) is 35.7. The molecular weight excluding hydrogens is 705 g/mol. The first-order valence-electron chi connectivity index (χ1n) is 19.4. The predicted molar refractivity (Wildman–Crippen MR) is 214 cm³/mol. The van der Waals surface area contributed by atoms with Crippen molar-refractivity contribution in [3.63, 3.8) is 0 Å². The number of nitrogens with zero attached hydrogens (tertiary/aromatic N) is 3. The van der Waals surface area contributed by atoms with Crippen molar-refractivity contribution in [2.75, 3.05) is 14.1 Å². The van der Waals surface area contributed by atoms with Crippen molar-refractivity contribution in [2.24, 2.45) is 23.7 Å². The number of nitrogens with one attached hydrogen (secondary N) is 1. The standard InChI is InChI=1S/C42H66N4O7S/c1-14-19-31(22-30-20-17-16-18-21-30)43-38(49)33-25-54-39(44-33)36(52-29(8)47)24-34(26(3)4)45(12)40(50)32(28(7)15-2)23-35(48)37(27(5)6)46(13)41(51)53-42(9,10)11/h16-18,20-21,25-28,31-32,34,36-37H,14-15,19,22-24H2,1-13H3,(H,43,49)/t28-,31+,32-,34+,36+,37-/m0/s1. The second-order valence-corrected chi connectivity index (χ2v) is 17.1. The van der Waals surface area contributed by atoms with Gasteiger partial charge >= 0.3 is 12.1 Å². The topological polar surface area (TPSA) is 135 Å². The first kappa shape index (κ1) is 46.4. The maximum atomic E-state index is 14.4. The van der Waals surface area contributed by atoms with E-state index in [1.165, 1.54) is 23.2 Å². The van der Waals surface area contributed by atoms with Crippen LogP contribution in [0.3, 0.4) is 0 Å². The van der Waals surface area contributed by atoms with Crippen molar-refractivity contribution >= 4 is 41.0 Å². The van der Waals surface area contributed by atoms with Gasteiger partial charge < -0.3 is 24.6 Å². The molecule has 1 aromatic heterocycles. The molecule has 2 rings (SSSR count). The van der Waals surface area contributed by atoms with E-state index in [-0.39, 0.29) is 59.9 Å². The fourth-order valence-electron chi connectivity index (χ4n) is 6.83. The zero-order valence-electron chi connectivity index (χ0n) is 34.9. The monoisotopic (exact) mass is 770 g/mol. The van der Waals surface area contributed by atoms with Crippen LogP contribution in [0.25, 0.3) is 0 Å². The molecule has 2 aromatic rings. The smallest absolute Gasteiger partial charge is 0.410 e. The lowest BCUT2D eigenvalue weighted by Crippen LogP contribution is -2.50. The summed E-state index contributed by atoms with van der Waals surface area (Å²) in [5.74, 6) is -2.22. The highest BCUT2D eigenvalue weighted by Gasteiger charge is 2.39. The van der Waals surface area contributed by atoms with Crippen LogP contribution < -0.4 is 5.32 Å². The highest BCUT2D eigenvalue weighted by atomic mass is 32.1. The van der Waals surface area contributed by atoms with Crippen molar-refractivity contribution in [3.8, 4) is 0 Å². The van der Waals surface area contributed by atoms with Gasteiger partial charge in [-0.15, -0.1) is 11.3 Å². The molecular formula is C42H66N4O7S. The van der Waals surface area contributed by atoms with Crippen molar-refractivity contribution < 1.29 is 33.4 Å². The van der Waals surface area contributed by atoms with Gasteiger partial charge in [-0.2, -0.15) is 0 Å². The van der Waals surface area contributed by atoms with Crippen molar-refractivity contribution in [1.29, 1.82) is 0 Å². The number of thiazole rings is 1. The van der Waals surface area contributed by atoms with Crippen LogP contribution in [0.15, 0.2) is 35.7 Å². The Morgan fingerprint density at radius 3 is 2.07 bits per heavy atom. The third-order valence-electron chi connectivity index (χ3n) is 9.83. The number of hydrogen-bond acceptors (Lipinski definition) is 9. The number of likely N-dealkylation sites (N-methyl/N-ethyl adjacent to an activating group) is 1. The molecule has 0 aliphatic heterocycles. The lowest BCUT2D eigenvalue weighted by atomic mass is 9.82. The number of aromatic nitrogens is 1. The number of rotatable bonds is 20. The molecule has 0 aliphatic rings. The Morgan fingerprint density at radius 2 is 1.56 bits per heavy atom. The van der Waals surface area contributed by atoms with Crippen LogP contribution in [0.5, 0.6) is 0 Å². The second kappa shape index (κ2) is 21.3. The van der Waals surface area contributed by atoms with Gasteiger partial charge in [0.1, 0.15) is 16.3 Å². The molecule has 302 valence electrons. The Balaban J connectivity index is 2.33. The molecule has 0 bridgehead atoms. The highest BCUT2D eigenvalue weighted by Crippen LogP contribution is 2.33. The number of esters is 1. The lowest BCUT2D eigenvalue weighted by molar-refractivity contribution is -0.149. The van der Waals surface area contributed by atoms with Crippen LogP contribution >= 0.6 is 11.3 Å². The van der Waals surface area contributed by atoms with Gasteiger partial charge in [0.2, 0.25) is 5.91 Å². The molecule has 12 heteroatoms. The summed E-state index contributed by atoms with van der Waals surface area (Å²) in [6.45, 7) is 20.4. The molecule has 0 saturated heterocycles. The van der Waals surface area contributed by atoms with Gasteiger partial charge in [0, 0.05) is 57.2 Å². The Morgan fingerprint density at radius 1 is 0.926 bits per heavy atom. The zero-order chi connectivity index (χ0) is 40.9. The Kier molecular flexibility index (Phi) is 18.3. The lowest BCUT2D eigenvalue weighted by Gasteiger charge is -2.37. The van der Waals surface area contributed by atoms with Gasteiger partial charge in [-0.1, -0.05) is 91.6 Å². The van der Waals surface area contributed by atoms with Gasteiger partial charge in [-0.25, -0.2) is 9.78 Å². The Bertz CT molecular complexity index is 1520. The van der Waals surface area contributed by atoms with Crippen molar-refractivity contribution in [2.45, 2.75) is 145 Å². The van der Waals surface area contributed by atoms with E-state index in [2.05, 4.69) is 17.2 Å². The molecule has 6 atom stereocenters. The summed E-state index contributed by atoms with van der Waals surface area (Å²) in [6.07, 6.45) is 1.90. The van der Waals surface area contributed by atoms with E-state index in [1.54, 1.807) is 45.1 Å². The minimum absolute atomic E-state index is 0.0411. The molecule has 0 fully saturated rings. The number of Topliss-reactive ketones (excluding diaryl/α,β-unsaturated/α-hetero) is 1. The predicted octanol–water partition coefficient (Wildman–Crippen LogP) is 8.27. The SMILES string of the molecule is CCC[C@H](Cc1ccccc1)NC(=O)c1csc([C@@H](C[C@H](C(C)C)N(C)C(=O)[C@@H](CC(=O)[C@H](C(C)C)N(C)C(=O)OC(C)(C)C)[C@@H](C)CC)OC(C)=O)n1. The van der Waals surface area contributed by atoms with Crippen LogP contribution in [-0.4, -0.2) is 82.3 Å². The molecule has 54 heavy (non-hydrogen) atoms. The summed E-state index contributed by atoms with van der Waals surface area (Å²) in [6, 6.07) is 8.79. The minimum atomic E-state index is -0.802. The molecule has 1 heterocycles. The molecule has 0 radical (unpaired) electrons. The normalized spacial score (nSPS) is 15.1. The molecule has 0 saturated carbocycles. The number of amides is 3. The summed E-state index contributed by atoms with van der Waals surface area (Å²) in [5.41, 5.74) is 0.658. The summed E-state index contributed by atoms with van der Waals surface area (Å²) >= 11 is 1.24. The number of hydrogen-bond donors (Lipinski definition) is 1. The summed E-state index contributed by atoms with van der Waals surface area (Å²) in [4.78, 5) is 74.8. The van der Waals surface area contributed by atoms with Gasteiger partial charge in [-0.05, 0) is 56.9 Å². The molecule has 0 aliphatic carbocycles. The summed E-state index contributed by atoms with van der Waals surface area (Å²) in [7, 11) is 3.29. The number of benzene rings is 1. The molecule has 1 N–H and O–H groups in total. The van der Waals surface area contributed by atoms with E-state index in [0.29, 0.717) is 17.8 Å².